The van der Waals surface area contributed by atoms with E-state index in [0.717, 1.165) is 11.3 Å². The van der Waals surface area contributed by atoms with Crippen molar-refractivity contribution in [3.8, 4) is 11.5 Å². The van der Waals surface area contributed by atoms with Gasteiger partial charge in [0, 0.05) is 25.4 Å². The number of aryl methyl sites for hydroxylation is 2. The molecular formula is C19H18ClN3O2. The summed E-state index contributed by atoms with van der Waals surface area (Å²) in [5.74, 6) is 1.21. The molecule has 0 aliphatic heterocycles. The third-order valence-electron chi connectivity index (χ3n) is 3.60. The van der Waals surface area contributed by atoms with Gasteiger partial charge in [0.25, 0.3) is 0 Å². The van der Waals surface area contributed by atoms with E-state index >= 15 is 0 Å². The van der Waals surface area contributed by atoms with Crippen molar-refractivity contribution in [3.63, 3.8) is 0 Å². The van der Waals surface area contributed by atoms with Crippen LogP contribution in [0.25, 0.3) is 0 Å². The highest BCUT2D eigenvalue weighted by molar-refractivity contribution is 6.32. The van der Waals surface area contributed by atoms with Gasteiger partial charge in [0.05, 0.1) is 11.2 Å². The summed E-state index contributed by atoms with van der Waals surface area (Å²) < 4.78 is 7.45. The summed E-state index contributed by atoms with van der Waals surface area (Å²) in [6.07, 6.45) is 4.75. The summed E-state index contributed by atoms with van der Waals surface area (Å²) in [6.45, 7) is 0. The first-order valence-corrected chi connectivity index (χ1v) is 8.28. The normalized spacial score (nSPS) is 10.5. The molecule has 2 aromatic carbocycles. The zero-order valence-electron chi connectivity index (χ0n) is 13.8. The van der Waals surface area contributed by atoms with Crippen LogP contribution < -0.4 is 10.1 Å². The molecule has 1 amide bonds. The van der Waals surface area contributed by atoms with E-state index < -0.39 is 0 Å². The highest BCUT2D eigenvalue weighted by atomic mass is 35.5. The molecule has 0 fully saturated rings. The summed E-state index contributed by atoms with van der Waals surface area (Å²) in [4.78, 5) is 12.0. The number of aromatic nitrogens is 2. The first-order valence-electron chi connectivity index (χ1n) is 7.90. The number of para-hydroxylation sites is 1. The van der Waals surface area contributed by atoms with Crippen molar-refractivity contribution in [2.75, 3.05) is 5.32 Å². The van der Waals surface area contributed by atoms with Crippen LogP contribution in [0.4, 0.5) is 5.69 Å². The van der Waals surface area contributed by atoms with Crippen LogP contribution in [-0.4, -0.2) is 15.7 Å². The molecule has 0 radical (unpaired) electrons. The van der Waals surface area contributed by atoms with Crippen LogP contribution in [0.1, 0.15) is 12.0 Å². The van der Waals surface area contributed by atoms with Crippen LogP contribution in [0, 0.1) is 0 Å². The Balaban J connectivity index is 1.53. The fourth-order valence-corrected chi connectivity index (χ4v) is 2.52. The standard InChI is InChI=1S/C19H18ClN3O2/c1-23-13-14(12-21-23)6-11-19(24)22-15-7-9-16(10-8-15)25-18-5-3-2-4-17(18)20/h2-5,7-10,12-13H,6,11H2,1H3,(H,22,24). The molecule has 5 nitrogen and oxygen atoms in total. The van der Waals surface area contributed by atoms with E-state index in [-0.39, 0.29) is 5.91 Å². The molecule has 1 aromatic heterocycles. The van der Waals surface area contributed by atoms with Gasteiger partial charge in [-0.2, -0.15) is 5.10 Å². The maximum atomic E-state index is 12.0. The van der Waals surface area contributed by atoms with Crippen molar-refractivity contribution in [2.45, 2.75) is 12.8 Å². The Hall–Kier alpha value is -2.79. The van der Waals surface area contributed by atoms with Crippen molar-refractivity contribution < 1.29 is 9.53 Å². The topological polar surface area (TPSA) is 56.2 Å². The summed E-state index contributed by atoms with van der Waals surface area (Å²) >= 11 is 6.07. The Morgan fingerprint density at radius 1 is 1.20 bits per heavy atom. The lowest BCUT2D eigenvalue weighted by molar-refractivity contribution is -0.116. The van der Waals surface area contributed by atoms with Crippen molar-refractivity contribution >= 4 is 23.2 Å². The number of nitrogens with zero attached hydrogens (tertiary/aromatic N) is 2. The molecule has 3 rings (SSSR count). The van der Waals surface area contributed by atoms with Crippen LogP contribution in [0.15, 0.2) is 60.9 Å². The Labute approximate surface area is 151 Å². The monoisotopic (exact) mass is 355 g/mol. The van der Waals surface area contributed by atoms with Crippen molar-refractivity contribution in [2.24, 2.45) is 7.05 Å². The van der Waals surface area contributed by atoms with Crippen LogP contribution >= 0.6 is 11.6 Å². The lowest BCUT2D eigenvalue weighted by atomic mass is 10.2. The van der Waals surface area contributed by atoms with Gasteiger partial charge in [-0.1, -0.05) is 23.7 Å². The van der Waals surface area contributed by atoms with Gasteiger partial charge in [0.15, 0.2) is 0 Å². The highest BCUT2D eigenvalue weighted by Gasteiger charge is 2.06. The molecule has 0 atom stereocenters. The Morgan fingerprint density at radius 2 is 1.96 bits per heavy atom. The zero-order valence-corrected chi connectivity index (χ0v) is 14.5. The number of amides is 1. The van der Waals surface area contributed by atoms with Gasteiger partial charge in [-0.3, -0.25) is 9.48 Å². The van der Waals surface area contributed by atoms with Crippen LogP contribution in [0.2, 0.25) is 5.02 Å². The number of carbonyl (C=O) groups is 1. The number of rotatable bonds is 6. The number of benzene rings is 2. The molecule has 0 saturated heterocycles. The van der Waals surface area contributed by atoms with Gasteiger partial charge >= 0.3 is 0 Å². The molecule has 1 N–H and O–H groups in total. The predicted octanol–water partition coefficient (Wildman–Crippen LogP) is 4.44. The number of hydrogen-bond donors (Lipinski definition) is 1. The molecule has 0 unspecified atom stereocenters. The molecule has 0 spiro atoms. The van der Waals surface area contributed by atoms with E-state index in [1.165, 1.54) is 0 Å². The maximum Gasteiger partial charge on any atom is 0.224 e. The van der Waals surface area contributed by atoms with Gasteiger partial charge in [0.2, 0.25) is 5.91 Å². The van der Waals surface area contributed by atoms with E-state index in [0.29, 0.717) is 29.4 Å². The first kappa shape index (κ1) is 17.0. The highest BCUT2D eigenvalue weighted by Crippen LogP contribution is 2.29. The summed E-state index contributed by atoms with van der Waals surface area (Å²) in [6, 6.07) is 14.5. The number of anilines is 1. The smallest absolute Gasteiger partial charge is 0.224 e. The lowest BCUT2D eigenvalue weighted by Crippen LogP contribution is -2.12. The second kappa shape index (κ2) is 7.85. The third-order valence-corrected chi connectivity index (χ3v) is 3.91. The molecule has 0 aliphatic carbocycles. The second-order valence-electron chi connectivity index (χ2n) is 5.63. The third kappa shape index (κ3) is 4.84. The van der Waals surface area contributed by atoms with Gasteiger partial charge in [0.1, 0.15) is 11.5 Å². The minimum absolute atomic E-state index is 0.0383. The summed E-state index contributed by atoms with van der Waals surface area (Å²) in [5.41, 5.74) is 1.77. The molecular weight excluding hydrogens is 338 g/mol. The minimum Gasteiger partial charge on any atom is -0.456 e. The minimum atomic E-state index is -0.0383. The predicted molar refractivity (Wildman–Crippen MR) is 98.1 cm³/mol. The lowest BCUT2D eigenvalue weighted by Gasteiger charge is -2.09. The van der Waals surface area contributed by atoms with Gasteiger partial charge in [-0.15, -0.1) is 0 Å². The van der Waals surface area contributed by atoms with E-state index in [4.69, 9.17) is 16.3 Å². The molecule has 0 bridgehead atoms. The van der Waals surface area contributed by atoms with Crippen LogP contribution in [-0.2, 0) is 18.3 Å². The quantitative estimate of drug-likeness (QED) is 0.711. The largest absolute Gasteiger partial charge is 0.456 e. The van der Waals surface area contributed by atoms with Gasteiger partial charge in [-0.25, -0.2) is 0 Å². The van der Waals surface area contributed by atoms with Gasteiger partial charge in [-0.05, 0) is 48.4 Å². The molecule has 0 aliphatic rings. The van der Waals surface area contributed by atoms with E-state index in [9.17, 15) is 4.79 Å². The maximum absolute atomic E-state index is 12.0. The number of ether oxygens (including phenoxy) is 1. The molecule has 0 saturated carbocycles. The zero-order chi connectivity index (χ0) is 17.6. The van der Waals surface area contributed by atoms with Crippen molar-refractivity contribution in [3.05, 3.63) is 71.5 Å². The van der Waals surface area contributed by atoms with Gasteiger partial charge < -0.3 is 10.1 Å². The molecule has 6 heteroatoms. The summed E-state index contributed by atoms with van der Waals surface area (Å²) in [5, 5.41) is 7.52. The second-order valence-corrected chi connectivity index (χ2v) is 6.03. The Bertz CT molecular complexity index is 859. The van der Waals surface area contributed by atoms with E-state index in [2.05, 4.69) is 10.4 Å². The number of hydrogen-bond acceptors (Lipinski definition) is 3. The fraction of sp³-hybridized carbons (Fsp3) is 0.158. The average Bonchev–Trinajstić information content (AvgIpc) is 3.02. The molecule has 128 valence electrons. The number of carbonyl (C=O) groups excluding carboxylic acids is 1. The SMILES string of the molecule is Cn1cc(CCC(=O)Nc2ccc(Oc3ccccc3Cl)cc2)cn1. The molecule has 1 heterocycles. The fourth-order valence-electron chi connectivity index (χ4n) is 2.34. The first-order chi connectivity index (χ1) is 12.1. The van der Waals surface area contributed by atoms with Crippen molar-refractivity contribution in [1.82, 2.24) is 9.78 Å². The molecule has 25 heavy (non-hydrogen) atoms. The summed E-state index contributed by atoms with van der Waals surface area (Å²) in [7, 11) is 1.86. The Kier molecular flexibility index (Phi) is 5.36. The Morgan fingerprint density at radius 3 is 2.64 bits per heavy atom. The van der Waals surface area contributed by atoms with Crippen molar-refractivity contribution in [1.29, 1.82) is 0 Å². The van der Waals surface area contributed by atoms with E-state index in [1.807, 2.05) is 25.4 Å². The van der Waals surface area contributed by atoms with Crippen LogP contribution in [0.3, 0.4) is 0 Å². The number of nitrogens with one attached hydrogen (secondary N) is 1. The van der Waals surface area contributed by atoms with E-state index in [1.54, 1.807) is 47.3 Å². The average molecular weight is 356 g/mol. The number of halogens is 1. The molecule has 3 aromatic rings. The van der Waals surface area contributed by atoms with Crippen LogP contribution in [0.5, 0.6) is 11.5 Å².